The molecule has 0 aromatic heterocycles. The molecule has 0 N–H and O–H groups in total. The first-order valence-electron chi connectivity index (χ1n) is 7.30. The number of amides is 2. The minimum absolute atomic E-state index is 0.139. The van der Waals surface area contributed by atoms with Gasteiger partial charge in [-0.2, -0.15) is 0 Å². The van der Waals surface area contributed by atoms with Gasteiger partial charge in [-0.05, 0) is 42.5 Å². The Kier molecular flexibility index (Phi) is 6.10. The zero-order chi connectivity index (χ0) is 17.5. The third kappa shape index (κ3) is 4.00. The average molecular weight is 343 g/mol. The average Bonchev–Trinajstić information content (AvgIpc) is 2.82. The van der Waals surface area contributed by atoms with E-state index in [1.54, 1.807) is 24.3 Å². The summed E-state index contributed by atoms with van der Waals surface area (Å²) in [5.74, 6) is 3.14. The summed E-state index contributed by atoms with van der Waals surface area (Å²) >= 11 is 0.906. The maximum absolute atomic E-state index is 12.2. The van der Waals surface area contributed by atoms with Crippen LogP contribution in [-0.2, 0) is 4.79 Å². The lowest BCUT2D eigenvalue weighted by atomic mass is 10.2. The summed E-state index contributed by atoms with van der Waals surface area (Å²) in [6.07, 6.45) is 8.37. The molecule has 1 aliphatic rings. The lowest BCUT2D eigenvalue weighted by Gasteiger charge is -2.11. The van der Waals surface area contributed by atoms with Gasteiger partial charge in [-0.3, -0.25) is 14.5 Å². The van der Waals surface area contributed by atoms with Crippen LogP contribution in [0.15, 0.2) is 35.8 Å². The number of benzene rings is 1. The first-order chi connectivity index (χ1) is 11.6. The van der Waals surface area contributed by atoms with Gasteiger partial charge in [0.1, 0.15) is 6.61 Å². The van der Waals surface area contributed by atoms with E-state index in [2.05, 4.69) is 12.5 Å². The SMILES string of the molecule is C#CCOc1ccc(/C=C2/SC(=O)N(CC=C)C2=O)cc1OCC. The van der Waals surface area contributed by atoms with Crippen LogP contribution in [0, 0.1) is 12.3 Å². The minimum atomic E-state index is -0.324. The Bertz CT molecular complexity index is 733. The maximum atomic E-state index is 12.2. The Labute approximate surface area is 145 Å². The molecule has 2 rings (SSSR count). The van der Waals surface area contributed by atoms with E-state index in [-0.39, 0.29) is 24.3 Å². The van der Waals surface area contributed by atoms with Gasteiger partial charge in [0.05, 0.1) is 11.5 Å². The van der Waals surface area contributed by atoms with Gasteiger partial charge >= 0.3 is 0 Å². The molecule has 124 valence electrons. The fourth-order valence-corrected chi connectivity index (χ4v) is 2.91. The van der Waals surface area contributed by atoms with Gasteiger partial charge in [0, 0.05) is 6.54 Å². The molecule has 0 radical (unpaired) electrons. The minimum Gasteiger partial charge on any atom is -0.490 e. The Morgan fingerprint density at radius 1 is 1.33 bits per heavy atom. The number of carbonyl (C=O) groups excluding carboxylic acids is 2. The lowest BCUT2D eigenvalue weighted by Crippen LogP contribution is -2.27. The van der Waals surface area contributed by atoms with Crippen LogP contribution >= 0.6 is 11.8 Å². The number of terminal acetylenes is 1. The van der Waals surface area contributed by atoms with Crippen molar-refractivity contribution in [2.45, 2.75) is 6.92 Å². The molecular weight excluding hydrogens is 326 g/mol. The van der Waals surface area contributed by atoms with Crippen LogP contribution in [0.5, 0.6) is 11.5 Å². The van der Waals surface area contributed by atoms with Crippen molar-refractivity contribution in [2.75, 3.05) is 19.8 Å². The van der Waals surface area contributed by atoms with Crippen LogP contribution in [-0.4, -0.2) is 35.8 Å². The van der Waals surface area contributed by atoms with Crippen molar-refractivity contribution in [3.8, 4) is 23.8 Å². The number of carbonyl (C=O) groups is 2. The molecule has 0 spiro atoms. The standard InChI is InChI=1S/C18H17NO4S/c1-4-9-19-17(20)16(24-18(19)21)12-13-7-8-14(23-10-5-2)15(11-13)22-6-3/h2,4,7-8,11-12H,1,6,9-10H2,3H3/b16-12+. The molecule has 0 unspecified atom stereocenters. The summed E-state index contributed by atoms with van der Waals surface area (Å²) in [5.41, 5.74) is 0.732. The highest BCUT2D eigenvalue weighted by Crippen LogP contribution is 2.34. The van der Waals surface area contributed by atoms with E-state index >= 15 is 0 Å². The predicted octanol–water partition coefficient (Wildman–Crippen LogP) is 3.32. The monoisotopic (exact) mass is 343 g/mol. The molecule has 1 fully saturated rings. The van der Waals surface area contributed by atoms with E-state index in [4.69, 9.17) is 15.9 Å². The summed E-state index contributed by atoms with van der Waals surface area (Å²) in [5, 5.41) is -0.301. The number of hydrogen-bond donors (Lipinski definition) is 0. The second-order valence-corrected chi connectivity index (χ2v) is 5.71. The first kappa shape index (κ1) is 17.7. The fourth-order valence-electron chi connectivity index (χ4n) is 2.06. The van der Waals surface area contributed by atoms with Crippen molar-refractivity contribution in [2.24, 2.45) is 0 Å². The summed E-state index contributed by atoms with van der Waals surface area (Å²) in [6, 6.07) is 5.24. The van der Waals surface area contributed by atoms with Gasteiger partial charge in [0.15, 0.2) is 11.5 Å². The molecule has 0 atom stereocenters. The highest BCUT2D eigenvalue weighted by Gasteiger charge is 2.34. The van der Waals surface area contributed by atoms with E-state index < -0.39 is 0 Å². The van der Waals surface area contributed by atoms with Gasteiger partial charge in [-0.15, -0.1) is 13.0 Å². The summed E-state index contributed by atoms with van der Waals surface area (Å²) in [7, 11) is 0. The Balaban J connectivity index is 2.27. The van der Waals surface area contributed by atoms with Crippen LogP contribution in [0.3, 0.4) is 0 Å². The van der Waals surface area contributed by atoms with Crippen LogP contribution in [0.1, 0.15) is 12.5 Å². The first-order valence-corrected chi connectivity index (χ1v) is 8.11. The molecule has 0 bridgehead atoms. The third-order valence-electron chi connectivity index (χ3n) is 3.06. The molecule has 0 saturated carbocycles. The molecule has 24 heavy (non-hydrogen) atoms. The van der Waals surface area contributed by atoms with Crippen molar-refractivity contribution in [3.05, 3.63) is 41.3 Å². The van der Waals surface area contributed by atoms with Gasteiger partial charge in [0.25, 0.3) is 11.1 Å². The Hall–Kier alpha value is -2.65. The van der Waals surface area contributed by atoms with Crippen LogP contribution < -0.4 is 9.47 Å². The number of ether oxygens (including phenoxy) is 2. The van der Waals surface area contributed by atoms with E-state index in [0.717, 1.165) is 22.2 Å². The van der Waals surface area contributed by atoms with E-state index in [1.807, 2.05) is 6.92 Å². The van der Waals surface area contributed by atoms with Crippen molar-refractivity contribution in [1.29, 1.82) is 0 Å². The molecular formula is C18H17NO4S. The predicted molar refractivity (Wildman–Crippen MR) is 94.8 cm³/mol. The quantitative estimate of drug-likeness (QED) is 0.432. The van der Waals surface area contributed by atoms with E-state index in [0.29, 0.717) is 23.0 Å². The van der Waals surface area contributed by atoms with Crippen molar-refractivity contribution in [3.63, 3.8) is 0 Å². The number of rotatable bonds is 7. The lowest BCUT2D eigenvalue weighted by molar-refractivity contribution is -0.122. The summed E-state index contributed by atoms with van der Waals surface area (Å²) in [6.45, 7) is 6.21. The van der Waals surface area contributed by atoms with Gasteiger partial charge in [-0.1, -0.05) is 18.1 Å². The number of thioether (sulfide) groups is 1. The zero-order valence-electron chi connectivity index (χ0n) is 13.3. The van der Waals surface area contributed by atoms with E-state index in [9.17, 15) is 9.59 Å². The normalized spacial score (nSPS) is 15.5. The third-order valence-corrected chi connectivity index (χ3v) is 3.97. The summed E-state index contributed by atoms with van der Waals surface area (Å²) in [4.78, 5) is 25.6. The molecule has 1 aliphatic heterocycles. The Morgan fingerprint density at radius 2 is 2.12 bits per heavy atom. The second-order valence-electron chi connectivity index (χ2n) is 4.71. The zero-order valence-corrected chi connectivity index (χ0v) is 14.1. The second kappa shape index (κ2) is 8.27. The smallest absolute Gasteiger partial charge is 0.293 e. The highest BCUT2D eigenvalue weighted by atomic mass is 32.2. The van der Waals surface area contributed by atoms with E-state index in [1.165, 1.54) is 6.08 Å². The van der Waals surface area contributed by atoms with Crippen LogP contribution in [0.25, 0.3) is 6.08 Å². The van der Waals surface area contributed by atoms with Crippen LogP contribution in [0.2, 0.25) is 0 Å². The van der Waals surface area contributed by atoms with Gasteiger partial charge in [-0.25, -0.2) is 0 Å². The molecule has 2 amide bonds. The topological polar surface area (TPSA) is 55.8 Å². The Morgan fingerprint density at radius 3 is 2.79 bits per heavy atom. The fraction of sp³-hybridized carbons (Fsp3) is 0.222. The highest BCUT2D eigenvalue weighted by molar-refractivity contribution is 8.18. The molecule has 1 saturated heterocycles. The maximum Gasteiger partial charge on any atom is 0.293 e. The van der Waals surface area contributed by atoms with Crippen molar-refractivity contribution >= 4 is 29.0 Å². The molecule has 1 heterocycles. The van der Waals surface area contributed by atoms with Gasteiger partial charge < -0.3 is 9.47 Å². The molecule has 6 heteroatoms. The molecule has 5 nitrogen and oxygen atoms in total. The van der Waals surface area contributed by atoms with Crippen molar-refractivity contribution < 1.29 is 19.1 Å². The number of nitrogens with zero attached hydrogens (tertiary/aromatic N) is 1. The van der Waals surface area contributed by atoms with Gasteiger partial charge in [0.2, 0.25) is 0 Å². The molecule has 0 aliphatic carbocycles. The largest absolute Gasteiger partial charge is 0.490 e. The summed E-state index contributed by atoms with van der Waals surface area (Å²) < 4.78 is 11.0. The number of imide groups is 1. The van der Waals surface area contributed by atoms with Crippen LogP contribution in [0.4, 0.5) is 4.79 Å². The number of hydrogen-bond acceptors (Lipinski definition) is 5. The van der Waals surface area contributed by atoms with Crippen molar-refractivity contribution in [1.82, 2.24) is 4.90 Å². The molecule has 1 aromatic rings. The molecule has 1 aromatic carbocycles.